The molecule has 1 N–H and O–H groups in total. The zero-order valence-corrected chi connectivity index (χ0v) is 10.8. The van der Waals surface area contributed by atoms with Crippen LogP contribution in [0.1, 0.15) is 17.6 Å². The monoisotopic (exact) mass is 249 g/mol. The Balaban J connectivity index is 2.04. The van der Waals surface area contributed by atoms with E-state index in [0.717, 1.165) is 12.4 Å². The first-order valence-electron chi connectivity index (χ1n) is 5.52. The number of aryl methyl sites for hydroxylation is 1. The molecule has 90 valence electrons. The van der Waals surface area contributed by atoms with Crippen LogP contribution in [0.25, 0.3) is 0 Å². The second-order valence-corrected chi connectivity index (χ2v) is 4.54. The van der Waals surface area contributed by atoms with Crippen molar-refractivity contribution in [2.75, 3.05) is 11.9 Å². The molecule has 0 saturated heterocycles. The third-order valence-electron chi connectivity index (χ3n) is 2.13. The number of rotatable bonds is 5. The van der Waals surface area contributed by atoms with Gasteiger partial charge in [0.2, 0.25) is 5.88 Å². The van der Waals surface area contributed by atoms with E-state index in [1.807, 2.05) is 26.0 Å². The van der Waals surface area contributed by atoms with E-state index >= 15 is 0 Å². The number of hydrogen-bond donors (Lipinski definition) is 1. The van der Waals surface area contributed by atoms with Gasteiger partial charge in [0, 0.05) is 10.9 Å². The standard InChI is InChI=1S/C12H15N3OS/c1-3-16-12-7-11(14-9(2)15-12)13-8-10-5-4-6-17-10/h4-7H,3,8H2,1-2H3,(H,13,14,15). The van der Waals surface area contributed by atoms with Crippen LogP contribution in [-0.4, -0.2) is 16.6 Å². The summed E-state index contributed by atoms with van der Waals surface area (Å²) in [5, 5.41) is 5.33. The molecule has 0 spiro atoms. The third-order valence-corrected chi connectivity index (χ3v) is 3.01. The van der Waals surface area contributed by atoms with Crippen LogP contribution in [0.5, 0.6) is 5.88 Å². The minimum absolute atomic E-state index is 0.612. The van der Waals surface area contributed by atoms with Gasteiger partial charge in [-0.2, -0.15) is 4.98 Å². The van der Waals surface area contributed by atoms with E-state index in [9.17, 15) is 0 Å². The maximum absolute atomic E-state index is 5.38. The van der Waals surface area contributed by atoms with Crippen molar-refractivity contribution in [2.45, 2.75) is 20.4 Å². The fourth-order valence-corrected chi connectivity index (χ4v) is 2.09. The van der Waals surface area contributed by atoms with E-state index in [0.29, 0.717) is 18.3 Å². The minimum Gasteiger partial charge on any atom is -0.478 e. The zero-order chi connectivity index (χ0) is 12.1. The van der Waals surface area contributed by atoms with Gasteiger partial charge in [-0.15, -0.1) is 11.3 Å². The van der Waals surface area contributed by atoms with Crippen LogP contribution in [-0.2, 0) is 6.54 Å². The van der Waals surface area contributed by atoms with E-state index < -0.39 is 0 Å². The van der Waals surface area contributed by atoms with Crippen molar-refractivity contribution in [3.63, 3.8) is 0 Å². The first-order chi connectivity index (χ1) is 8.28. The maximum atomic E-state index is 5.38. The van der Waals surface area contributed by atoms with Crippen LogP contribution in [0, 0.1) is 6.92 Å². The Bertz CT molecular complexity index is 471. The smallest absolute Gasteiger partial charge is 0.218 e. The van der Waals surface area contributed by atoms with Gasteiger partial charge in [-0.05, 0) is 25.3 Å². The summed E-state index contributed by atoms with van der Waals surface area (Å²) >= 11 is 1.72. The molecule has 0 amide bonds. The Labute approximate surface area is 105 Å². The van der Waals surface area contributed by atoms with Crippen LogP contribution in [0.3, 0.4) is 0 Å². The molecule has 4 nitrogen and oxygen atoms in total. The van der Waals surface area contributed by atoms with Gasteiger partial charge in [0.1, 0.15) is 11.6 Å². The molecule has 5 heteroatoms. The minimum atomic E-state index is 0.612. The summed E-state index contributed by atoms with van der Waals surface area (Å²) in [6.45, 7) is 5.19. The molecular weight excluding hydrogens is 234 g/mol. The molecule has 0 fully saturated rings. The highest BCUT2D eigenvalue weighted by Gasteiger charge is 2.02. The van der Waals surface area contributed by atoms with Gasteiger partial charge in [0.25, 0.3) is 0 Å². The van der Waals surface area contributed by atoms with Gasteiger partial charge in [-0.3, -0.25) is 0 Å². The summed E-state index contributed by atoms with van der Waals surface area (Å²) < 4.78 is 5.38. The van der Waals surface area contributed by atoms with E-state index in [-0.39, 0.29) is 0 Å². The van der Waals surface area contributed by atoms with Gasteiger partial charge in [0.15, 0.2) is 0 Å². The Morgan fingerprint density at radius 3 is 3.00 bits per heavy atom. The zero-order valence-electron chi connectivity index (χ0n) is 9.93. The van der Waals surface area contributed by atoms with E-state index in [2.05, 4.69) is 26.7 Å². The lowest BCUT2D eigenvalue weighted by Gasteiger charge is -2.07. The van der Waals surface area contributed by atoms with Gasteiger partial charge in [0.05, 0.1) is 13.2 Å². The number of anilines is 1. The molecule has 0 saturated carbocycles. The molecule has 0 radical (unpaired) electrons. The maximum Gasteiger partial charge on any atom is 0.218 e. The topological polar surface area (TPSA) is 47.0 Å². The largest absolute Gasteiger partial charge is 0.478 e. The highest BCUT2D eigenvalue weighted by atomic mass is 32.1. The predicted molar refractivity (Wildman–Crippen MR) is 69.6 cm³/mol. The van der Waals surface area contributed by atoms with Crippen molar-refractivity contribution in [3.8, 4) is 5.88 Å². The lowest BCUT2D eigenvalue weighted by molar-refractivity contribution is 0.325. The van der Waals surface area contributed by atoms with Crippen molar-refractivity contribution in [2.24, 2.45) is 0 Å². The molecule has 0 bridgehead atoms. The Morgan fingerprint density at radius 2 is 2.29 bits per heavy atom. The van der Waals surface area contributed by atoms with Crippen LogP contribution in [0.4, 0.5) is 5.82 Å². The summed E-state index contributed by atoms with van der Waals surface area (Å²) in [6, 6.07) is 5.96. The summed E-state index contributed by atoms with van der Waals surface area (Å²) in [4.78, 5) is 9.79. The molecule has 2 rings (SSSR count). The molecule has 2 aromatic heterocycles. The van der Waals surface area contributed by atoms with Crippen LogP contribution >= 0.6 is 11.3 Å². The number of hydrogen-bond acceptors (Lipinski definition) is 5. The predicted octanol–water partition coefficient (Wildman–Crippen LogP) is 2.86. The molecule has 2 aromatic rings. The number of nitrogens with one attached hydrogen (secondary N) is 1. The fourth-order valence-electron chi connectivity index (χ4n) is 1.44. The van der Waals surface area contributed by atoms with Crippen molar-refractivity contribution in [3.05, 3.63) is 34.3 Å². The Kier molecular flexibility index (Phi) is 3.93. The number of aromatic nitrogens is 2. The van der Waals surface area contributed by atoms with Crippen molar-refractivity contribution in [1.82, 2.24) is 9.97 Å². The van der Waals surface area contributed by atoms with Crippen LogP contribution < -0.4 is 10.1 Å². The molecule has 0 aliphatic heterocycles. The molecule has 17 heavy (non-hydrogen) atoms. The lowest BCUT2D eigenvalue weighted by atomic mass is 10.4. The van der Waals surface area contributed by atoms with Crippen molar-refractivity contribution >= 4 is 17.2 Å². The van der Waals surface area contributed by atoms with Gasteiger partial charge in [-0.1, -0.05) is 6.07 Å². The van der Waals surface area contributed by atoms with Crippen LogP contribution in [0.2, 0.25) is 0 Å². The molecule has 0 unspecified atom stereocenters. The summed E-state index contributed by atoms with van der Waals surface area (Å²) in [7, 11) is 0. The van der Waals surface area contributed by atoms with Crippen molar-refractivity contribution in [1.29, 1.82) is 0 Å². The van der Waals surface area contributed by atoms with E-state index in [4.69, 9.17) is 4.74 Å². The third kappa shape index (κ3) is 3.42. The molecule has 0 aromatic carbocycles. The average Bonchev–Trinajstić information content (AvgIpc) is 2.79. The number of thiophene rings is 1. The van der Waals surface area contributed by atoms with Crippen molar-refractivity contribution < 1.29 is 4.74 Å². The molecule has 0 atom stereocenters. The number of ether oxygens (including phenoxy) is 1. The highest BCUT2D eigenvalue weighted by Crippen LogP contribution is 2.15. The fraction of sp³-hybridized carbons (Fsp3) is 0.333. The van der Waals surface area contributed by atoms with Crippen LogP contribution in [0.15, 0.2) is 23.6 Å². The van der Waals surface area contributed by atoms with Gasteiger partial charge < -0.3 is 10.1 Å². The summed E-state index contributed by atoms with van der Waals surface area (Å²) in [5.41, 5.74) is 0. The second kappa shape index (κ2) is 5.63. The first-order valence-corrected chi connectivity index (χ1v) is 6.40. The van der Waals surface area contributed by atoms with E-state index in [1.54, 1.807) is 11.3 Å². The lowest BCUT2D eigenvalue weighted by Crippen LogP contribution is -2.04. The summed E-state index contributed by atoms with van der Waals surface area (Å²) in [5.74, 6) is 2.13. The first kappa shape index (κ1) is 11.9. The normalized spacial score (nSPS) is 10.2. The Hall–Kier alpha value is -1.62. The molecule has 0 aliphatic carbocycles. The Morgan fingerprint density at radius 1 is 1.41 bits per heavy atom. The summed E-state index contributed by atoms with van der Waals surface area (Å²) in [6.07, 6.45) is 0. The highest BCUT2D eigenvalue weighted by molar-refractivity contribution is 7.09. The average molecular weight is 249 g/mol. The molecular formula is C12H15N3OS. The molecule has 2 heterocycles. The number of nitrogens with zero attached hydrogens (tertiary/aromatic N) is 2. The molecule has 0 aliphatic rings. The van der Waals surface area contributed by atoms with Gasteiger partial charge in [-0.25, -0.2) is 4.98 Å². The quantitative estimate of drug-likeness (QED) is 0.885. The second-order valence-electron chi connectivity index (χ2n) is 3.50. The SMILES string of the molecule is CCOc1cc(NCc2cccs2)nc(C)n1. The van der Waals surface area contributed by atoms with E-state index in [1.165, 1.54) is 4.88 Å². The van der Waals surface area contributed by atoms with Gasteiger partial charge >= 0.3 is 0 Å².